The van der Waals surface area contributed by atoms with E-state index < -0.39 is 0 Å². The molecule has 0 radical (unpaired) electrons. The predicted molar refractivity (Wildman–Crippen MR) is 85.2 cm³/mol. The Morgan fingerprint density at radius 3 is 2.10 bits per heavy atom. The van der Waals surface area contributed by atoms with Crippen LogP contribution in [-0.4, -0.2) is 30.7 Å². The molecule has 110 valence electrons. The van der Waals surface area contributed by atoms with Crippen LogP contribution in [-0.2, 0) is 6.54 Å². The molecule has 0 saturated carbocycles. The summed E-state index contributed by atoms with van der Waals surface area (Å²) in [6, 6.07) is 13.2. The molecule has 2 aromatic carbocycles. The van der Waals surface area contributed by atoms with E-state index in [2.05, 4.69) is 31.4 Å². The Morgan fingerprint density at radius 1 is 0.905 bits per heavy atom. The molecule has 4 nitrogen and oxygen atoms in total. The number of rotatable bonds is 4. The minimum absolute atomic E-state index is 0.303. The van der Waals surface area contributed by atoms with E-state index >= 15 is 0 Å². The Bertz CT molecular complexity index is 640. The van der Waals surface area contributed by atoms with Gasteiger partial charge in [0, 0.05) is 0 Å². The van der Waals surface area contributed by atoms with Crippen molar-refractivity contribution in [3.8, 4) is 5.75 Å². The monoisotopic (exact) mass is 284 g/mol. The molecule has 0 aliphatic carbocycles. The highest BCUT2D eigenvalue weighted by molar-refractivity contribution is 5.47. The summed E-state index contributed by atoms with van der Waals surface area (Å²) in [4.78, 5) is 0. The van der Waals surface area contributed by atoms with Crippen LogP contribution in [0.3, 0.4) is 0 Å². The third-order valence-electron chi connectivity index (χ3n) is 3.02. The van der Waals surface area contributed by atoms with Crippen molar-refractivity contribution < 1.29 is 9.59 Å². The zero-order valence-corrected chi connectivity index (χ0v) is 13.0. The Kier molecular flexibility index (Phi) is 4.38. The van der Waals surface area contributed by atoms with Gasteiger partial charge in [0.25, 0.3) is 0 Å². The van der Waals surface area contributed by atoms with E-state index in [1.54, 1.807) is 12.1 Å². The fourth-order valence-electron chi connectivity index (χ4n) is 2.00. The van der Waals surface area contributed by atoms with Gasteiger partial charge in [0.15, 0.2) is 0 Å². The van der Waals surface area contributed by atoms with Crippen molar-refractivity contribution in [3.05, 3.63) is 53.6 Å². The van der Waals surface area contributed by atoms with Crippen molar-refractivity contribution in [3.63, 3.8) is 0 Å². The molecular formula is C17H22N3O+. The van der Waals surface area contributed by atoms with E-state index in [1.165, 1.54) is 5.56 Å². The van der Waals surface area contributed by atoms with E-state index in [0.717, 1.165) is 28.0 Å². The molecule has 0 unspecified atom stereocenters. The first kappa shape index (κ1) is 15.2. The van der Waals surface area contributed by atoms with Crippen LogP contribution in [0.4, 0.5) is 11.4 Å². The van der Waals surface area contributed by atoms with Crippen molar-refractivity contribution in [2.45, 2.75) is 13.5 Å². The van der Waals surface area contributed by atoms with Gasteiger partial charge in [-0.3, -0.25) is 0 Å². The van der Waals surface area contributed by atoms with E-state index in [1.807, 2.05) is 37.3 Å². The molecule has 0 amide bonds. The summed E-state index contributed by atoms with van der Waals surface area (Å²) >= 11 is 0. The van der Waals surface area contributed by atoms with Gasteiger partial charge in [-0.25, -0.2) is 0 Å². The molecule has 2 rings (SSSR count). The highest BCUT2D eigenvalue weighted by Gasteiger charge is 2.12. The smallest absolute Gasteiger partial charge is 0.124 e. The Labute approximate surface area is 126 Å². The van der Waals surface area contributed by atoms with E-state index in [-0.39, 0.29) is 0 Å². The third-order valence-corrected chi connectivity index (χ3v) is 3.02. The number of aryl methyl sites for hydroxylation is 1. The van der Waals surface area contributed by atoms with Gasteiger partial charge in [-0.2, -0.15) is 10.2 Å². The molecule has 0 aliphatic heterocycles. The third kappa shape index (κ3) is 4.68. The van der Waals surface area contributed by atoms with Crippen LogP contribution in [0.25, 0.3) is 0 Å². The molecule has 4 heteroatoms. The lowest BCUT2D eigenvalue weighted by Gasteiger charge is -2.24. The summed E-state index contributed by atoms with van der Waals surface area (Å²) in [5.41, 5.74) is 3.64. The Morgan fingerprint density at radius 2 is 1.48 bits per heavy atom. The van der Waals surface area contributed by atoms with Gasteiger partial charge in [-0.05, 0) is 37.3 Å². The van der Waals surface area contributed by atoms with Crippen LogP contribution in [0, 0.1) is 6.92 Å². The normalized spacial score (nSPS) is 12.0. The molecular weight excluding hydrogens is 262 g/mol. The lowest BCUT2D eigenvalue weighted by molar-refractivity contribution is -0.884. The first-order chi connectivity index (χ1) is 9.83. The summed E-state index contributed by atoms with van der Waals surface area (Å²) in [6.07, 6.45) is 0. The second kappa shape index (κ2) is 6.06. The van der Waals surface area contributed by atoms with E-state index in [4.69, 9.17) is 0 Å². The number of benzene rings is 2. The standard InChI is InChI=1S/C17H21N3O/c1-13-5-7-15(8-6-13)18-19-16-9-10-17(21)14(11-16)12-20(2,3)4/h5-11H,12H2,1-4H3/p+1. The van der Waals surface area contributed by atoms with Crippen molar-refractivity contribution in [2.75, 3.05) is 21.1 Å². The molecule has 0 aliphatic rings. The number of phenolic OH excluding ortho intramolecular Hbond substituents is 1. The minimum atomic E-state index is 0.303. The van der Waals surface area contributed by atoms with Crippen molar-refractivity contribution in [2.24, 2.45) is 10.2 Å². The van der Waals surface area contributed by atoms with Crippen LogP contribution >= 0.6 is 0 Å². The highest BCUT2D eigenvalue weighted by Crippen LogP contribution is 2.26. The van der Waals surface area contributed by atoms with E-state index in [0.29, 0.717) is 5.75 Å². The molecule has 0 heterocycles. The second-order valence-electron chi connectivity index (χ2n) is 6.30. The maximum Gasteiger partial charge on any atom is 0.124 e. The lowest BCUT2D eigenvalue weighted by atomic mass is 10.1. The number of azo groups is 1. The molecule has 1 N–H and O–H groups in total. The number of hydrogen-bond donors (Lipinski definition) is 1. The van der Waals surface area contributed by atoms with Crippen LogP contribution in [0.2, 0.25) is 0 Å². The average Bonchev–Trinajstić information content (AvgIpc) is 2.40. The van der Waals surface area contributed by atoms with Gasteiger partial charge in [0.05, 0.1) is 38.1 Å². The molecule has 21 heavy (non-hydrogen) atoms. The fourth-order valence-corrected chi connectivity index (χ4v) is 2.00. The molecule has 0 spiro atoms. The van der Waals surface area contributed by atoms with Gasteiger partial charge >= 0.3 is 0 Å². The Hall–Kier alpha value is -2.20. The highest BCUT2D eigenvalue weighted by atomic mass is 16.3. The summed E-state index contributed by atoms with van der Waals surface area (Å²) in [5, 5.41) is 18.4. The zero-order valence-electron chi connectivity index (χ0n) is 13.0. The first-order valence-electron chi connectivity index (χ1n) is 6.94. The van der Waals surface area contributed by atoms with Crippen LogP contribution in [0.15, 0.2) is 52.7 Å². The quantitative estimate of drug-likeness (QED) is 0.659. The topological polar surface area (TPSA) is 45.0 Å². The summed E-state index contributed by atoms with van der Waals surface area (Å²) in [6.45, 7) is 2.78. The number of hydrogen-bond acceptors (Lipinski definition) is 3. The van der Waals surface area contributed by atoms with Gasteiger partial charge in [-0.15, -0.1) is 0 Å². The van der Waals surface area contributed by atoms with Gasteiger partial charge in [-0.1, -0.05) is 17.7 Å². The number of aromatic hydroxyl groups is 1. The maximum atomic E-state index is 9.93. The fraction of sp³-hybridized carbons (Fsp3) is 0.294. The van der Waals surface area contributed by atoms with Crippen LogP contribution in [0.1, 0.15) is 11.1 Å². The van der Waals surface area contributed by atoms with Crippen molar-refractivity contribution >= 4 is 11.4 Å². The van der Waals surface area contributed by atoms with Crippen LogP contribution < -0.4 is 0 Å². The van der Waals surface area contributed by atoms with Crippen LogP contribution in [0.5, 0.6) is 5.75 Å². The Balaban J connectivity index is 2.20. The van der Waals surface area contributed by atoms with Crippen molar-refractivity contribution in [1.82, 2.24) is 0 Å². The summed E-state index contributed by atoms with van der Waals surface area (Å²) < 4.78 is 0.742. The molecule has 2 aromatic rings. The number of quaternary nitrogens is 1. The van der Waals surface area contributed by atoms with Gasteiger partial charge in [0.2, 0.25) is 0 Å². The van der Waals surface area contributed by atoms with Gasteiger partial charge in [0.1, 0.15) is 12.3 Å². The SMILES string of the molecule is Cc1ccc(N=Nc2ccc(O)c(C[N+](C)(C)C)c2)cc1. The largest absolute Gasteiger partial charge is 0.507 e. The summed E-state index contributed by atoms with van der Waals surface area (Å²) in [5.74, 6) is 0.303. The molecule has 0 fully saturated rings. The lowest BCUT2D eigenvalue weighted by Crippen LogP contribution is -2.33. The molecule has 0 bridgehead atoms. The number of nitrogens with zero attached hydrogens (tertiary/aromatic N) is 3. The molecule has 0 aromatic heterocycles. The van der Waals surface area contributed by atoms with Crippen molar-refractivity contribution in [1.29, 1.82) is 0 Å². The molecule has 0 atom stereocenters. The maximum absolute atomic E-state index is 9.93. The zero-order chi connectivity index (χ0) is 15.5. The second-order valence-corrected chi connectivity index (χ2v) is 6.30. The average molecular weight is 284 g/mol. The van der Waals surface area contributed by atoms with E-state index in [9.17, 15) is 5.11 Å². The molecule has 0 saturated heterocycles. The number of phenols is 1. The first-order valence-corrected chi connectivity index (χ1v) is 6.94. The predicted octanol–water partition coefficient (Wildman–Crippen LogP) is 4.32. The summed E-state index contributed by atoms with van der Waals surface area (Å²) in [7, 11) is 6.25. The minimum Gasteiger partial charge on any atom is -0.507 e. The van der Waals surface area contributed by atoms with Gasteiger partial charge < -0.3 is 9.59 Å².